The SMILES string of the molecule is C(=C\c1ccc(-c2cc(-c3ccccn3)nc(-c3ccccn3)c2)cc1)/c1ccncc1. The largest absolute Gasteiger partial charge is 0.265 e. The van der Waals surface area contributed by atoms with Gasteiger partial charge in [-0.3, -0.25) is 15.0 Å². The molecule has 0 bridgehead atoms. The van der Waals surface area contributed by atoms with Crippen molar-refractivity contribution < 1.29 is 0 Å². The minimum Gasteiger partial charge on any atom is -0.265 e. The first-order valence-corrected chi connectivity index (χ1v) is 10.4. The van der Waals surface area contributed by atoms with Gasteiger partial charge in [0.1, 0.15) is 0 Å². The predicted molar refractivity (Wildman–Crippen MR) is 129 cm³/mol. The molecule has 0 saturated carbocycles. The fraction of sp³-hybridized carbons (Fsp3) is 0. The zero-order valence-electron chi connectivity index (χ0n) is 17.3. The molecule has 0 aliphatic heterocycles. The maximum atomic E-state index is 4.84. The third-order valence-electron chi connectivity index (χ3n) is 5.10. The van der Waals surface area contributed by atoms with Gasteiger partial charge in [0.05, 0.1) is 22.8 Å². The monoisotopic (exact) mass is 412 g/mol. The average Bonchev–Trinajstić information content (AvgIpc) is 2.89. The van der Waals surface area contributed by atoms with Gasteiger partial charge < -0.3 is 0 Å². The smallest absolute Gasteiger partial charge is 0.0900 e. The van der Waals surface area contributed by atoms with E-state index in [1.165, 1.54) is 0 Å². The van der Waals surface area contributed by atoms with Crippen LogP contribution in [0.3, 0.4) is 0 Å². The van der Waals surface area contributed by atoms with Crippen LogP contribution in [0.4, 0.5) is 0 Å². The molecule has 0 saturated heterocycles. The number of benzene rings is 1. The Balaban J connectivity index is 1.51. The number of pyridine rings is 4. The maximum absolute atomic E-state index is 4.84. The molecular formula is C28H20N4. The molecule has 4 heteroatoms. The summed E-state index contributed by atoms with van der Waals surface area (Å²) >= 11 is 0. The Morgan fingerprint density at radius 2 is 1.03 bits per heavy atom. The minimum atomic E-state index is 0.824. The molecule has 0 atom stereocenters. The lowest BCUT2D eigenvalue weighted by Crippen LogP contribution is -1.93. The van der Waals surface area contributed by atoms with E-state index >= 15 is 0 Å². The van der Waals surface area contributed by atoms with Crippen LogP contribution in [-0.2, 0) is 0 Å². The normalized spacial score (nSPS) is 11.0. The van der Waals surface area contributed by atoms with E-state index in [9.17, 15) is 0 Å². The van der Waals surface area contributed by atoms with E-state index in [4.69, 9.17) is 4.98 Å². The molecule has 0 aliphatic rings. The van der Waals surface area contributed by atoms with E-state index in [0.29, 0.717) is 0 Å². The Hall–Kier alpha value is -4.44. The van der Waals surface area contributed by atoms with Crippen molar-refractivity contribution >= 4 is 12.2 Å². The Bertz CT molecular complexity index is 1270. The van der Waals surface area contributed by atoms with E-state index in [2.05, 4.69) is 63.5 Å². The maximum Gasteiger partial charge on any atom is 0.0900 e. The summed E-state index contributed by atoms with van der Waals surface area (Å²) in [5.74, 6) is 0. The lowest BCUT2D eigenvalue weighted by Gasteiger charge is -2.09. The highest BCUT2D eigenvalue weighted by Crippen LogP contribution is 2.29. The van der Waals surface area contributed by atoms with Crippen molar-refractivity contribution in [2.45, 2.75) is 0 Å². The summed E-state index contributed by atoms with van der Waals surface area (Å²) in [6.07, 6.45) is 11.4. The average molecular weight is 412 g/mol. The summed E-state index contributed by atoms with van der Waals surface area (Å²) < 4.78 is 0. The number of hydrogen-bond acceptors (Lipinski definition) is 4. The van der Waals surface area contributed by atoms with Gasteiger partial charge in [0.15, 0.2) is 0 Å². The zero-order valence-corrected chi connectivity index (χ0v) is 17.3. The molecule has 0 N–H and O–H groups in total. The van der Waals surface area contributed by atoms with Gasteiger partial charge in [0, 0.05) is 24.8 Å². The molecule has 0 unspecified atom stereocenters. The summed E-state index contributed by atoms with van der Waals surface area (Å²) in [5, 5.41) is 0. The third-order valence-corrected chi connectivity index (χ3v) is 5.10. The van der Waals surface area contributed by atoms with E-state index < -0.39 is 0 Å². The van der Waals surface area contributed by atoms with E-state index in [-0.39, 0.29) is 0 Å². The van der Waals surface area contributed by atoms with Crippen molar-refractivity contribution in [1.82, 2.24) is 19.9 Å². The third kappa shape index (κ3) is 4.50. The van der Waals surface area contributed by atoms with Gasteiger partial charge in [-0.25, -0.2) is 4.98 Å². The first kappa shape index (κ1) is 19.5. The van der Waals surface area contributed by atoms with Gasteiger partial charge in [-0.15, -0.1) is 0 Å². The van der Waals surface area contributed by atoms with Gasteiger partial charge in [-0.1, -0.05) is 48.6 Å². The van der Waals surface area contributed by atoms with Crippen LogP contribution in [0.5, 0.6) is 0 Å². The predicted octanol–water partition coefficient (Wildman–Crippen LogP) is 6.44. The van der Waals surface area contributed by atoms with Crippen molar-refractivity contribution in [3.8, 4) is 33.9 Å². The second-order valence-electron chi connectivity index (χ2n) is 7.29. The molecule has 5 aromatic rings. The topological polar surface area (TPSA) is 51.6 Å². The zero-order chi connectivity index (χ0) is 21.6. The molecule has 0 radical (unpaired) electrons. The summed E-state index contributed by atoms with van der Waals surface area (Å²) in [6, 6.07) is 28.3. The Kier molecular flexibility index (Phi) is 5.58. The van der Waals surface area contributed by atoms with Gasteiger partial charge in [0.25, 0.3) is 0 Å². The van der Waals surface area contributed by atoms with Crippen molar-refractivity contribution in [3.63, 3.8) is 0 Å². The summed E-state index contributed by atoms with van der Waals surface area (Å²) in [6.45, 7) is 0. The van der Waals surface area contributed by atoms with E-state index in [1.807, 2.05) is 48.5 Å². The standard InChI is InChI=1S/C28H20N4/c1-3-15-30-25(5-1)27-19-24(20-28(32-27)26-6-2-4-16-31-26)23-11-9-21(10-12-23)7-8-22-13-17-29-18-14-22/h1-20H/b8-7+. The first-order chi connectivity index (χ1) is 15.8. The van der Waals surface area contributed by atoms with Crippen LogP contribution < -0.4 is 0 Å². The highest BCUT2D eigenvalue weighted by Gasteiger charge is 2.10. The fourth-order valence-corrected chi connectivity index (χ4v) is 3.44. The molecule has 1 aromatic carbocycles. The van der Waals surface area contributed by atoms with Crippen LogP contribution in [0.2, 0.25) is 0 Å². The van der Waals surface area contributed by atoms with Gasteiger partial charge in [0.2, 0.25) is 0 Å². The summed E-state index contributed by atoms with van der Waals surface area (Å²) in [4.78, 5) is 17.9. The first-order valence-electron chi connectivity index (χ1n) is 10.4. The van der Waals surface area contributed by atoms with Crippen LogP contribution in [0.1, 0.15) is 11.1 Å². The van der Waals surface area contributed by atoms with Crippen LogP contribution in [0.15, 0.2) is 110 Å². The molecular weight excluding hydrogens is 392 g/mol. The Morgan fingerprint density at radius 3 is 1.56 bits per heavy atom. The lowest BCUT2D eigenvalue weighted by molar-refractivity contribution is 1.22. The van der Waals surface area contributed by atoms with Crippen molar-refractivity contribution in [3.05, 3.63) is 121 Å². The molecule has 0 aliphatic carbocycles. The second-order valence-corrected chi connectivity index (χ2v) is 7.29. The van der Waals surface area contributed by atoms with E-state index in [1.54, 1.807) is 24.8 Å². The minimum absolute atomic E-state index is 0.824. The van der Waals surface area contributed by atoms with Crippen molar-refractivity contribution in [2.75, 3.05) is 0 Å². The number of aromatic nitrogens is 4. The number of nitrogens with zero attached hydrogens (tertiary/aromatic N) is 4. The van der Waals surface area contributed by atoms with Crippen molar-refractivity contribution in [2.24, 2.45) is 0 Å². The van der Waals surface area contributed by atoms with Crippen LogP contribution in [0, 0.1) is 0 Å². The van der Waals surface area contributed by atoms with E-state index in [0.717, 1.165) is 45.0 Å². The lowest BCUT2D eigenvalue weighted by atomic mass is 10.0. The number of rotatable bonds is 5. The van der Waals surface area contributed by atoms with Crippen LogP contribution in [0.25, 0.3) is 46.1 Å². The highest BCUT2D eigenvalue weighted by atomic mass is 14.8. The highest BCUT2D eigenvalue weighted by molar-refractivity contribution is 5.76. The van der Waals surface area contributed by atoms with Crippen LogP contribution in [-0.4, -0.2) is 19.9 Å². The fourth-order valence-electron chi connectivity index (χ4n) is 3.44. The van der Waals surface area contributed by atoms with Gasteiger partial charge in [-0.2, -0.15) is 0 Å². The molecule has 4 heterocycles. The summed E-state index contributed by atoms with van der Waals surface area (Å²) in [5.41, 5.74) is 7.77. The molecule has 0 spiro atoms. The second kappa shape index (κ2) is 9.14. The summed E-state index contributed by atoms with van der Waals surface area (Å²) in [7, 11) is 0. The van der Waals surface area contributed by atoms with Gasteiger partial charge in [-0.05, 0) is 70.8 Å². The molecule has 152 valence electrons. The Labute approximate surface area is 187 Å². The quantitative estimate of drug-likeness (QED) is 0.333. The molecule has 32 heavy (non-hydrogen) atoms. The molecule has 0 fully saturated rings. The van der Waals surface area contributed by atoms with Crippen molar-refractivity contribution in [1.29, 1.82) is 0 Å². The van der Waals surface area contributed by atoms with Crippen LogP contribution >= 0.6 is 0 Å². The molecule has 0 amide bonds. The number of hydrogen-bond donors (Lipinski definition) is 0. The molecule has 4 aromatic heterocycles. The van der Waals surface area contributed by atoms with Gasteiger partial charge >= 0.3 is 0 Å². The molecule has 4 nitrogen and oxygen atoms in total. The Morgan fingerprint density at radius 1 is 0.469 bits per heavy atom. The molecule has 5 rings (SSSR count).